The predicted molar refractivity (Wildman–Crippen MR) is 70.0 cm³/mol. The van der Waals surface area contributed by atoms with E-state index in [1.165, 1.54) is 38.5 Å². The first-order valence-electron chi connectivity index (χ1n) is 6.78. The highest BCUT2D eigenvalue weighted by Crippen LogP contribution is 2.37. The van der Waals surface area contributed by atoms with Crippen LogP contribution in [0.15, 0.2) is 18.2 Å². The van der Waals surface area contributed by atoms with Gasteiger partial charge in [0, 0.05) is 18.2 Å². The van der Waals surface area contributed by atoms with Crippen LogP contribution >= 0.6 is 0 Å². The van der Waals surface area contributed by atoms with Crippen molar-refractivity contribution in [3.8, 4) is 5.75 Å². The third-order valence-corrected chi connectivity index (χ3v) is 4.34. The fraction of sp³-hybridized carbons (Fsp3) is 0.533. The molecule has 2 bridgehead atoms. The Kier molecular flexibility index (Phi) is 3.27. The lowest BCUT2D eigenvalue weighted by Gasteiger charge is -2.25. The number of halogens is 1. The quantitative estimate of drug-likeness (QED) is 0.782. The number of hydrogen-bond donors (Lipinski definition) is 0. The Morgan fingerprint density at radius 1 is 1.47 bits per heavy atom. The first-order valence-corrected chi connectivity index (χ1v) is 6.78. The summed E-state index contributed by atoms with van der Waals surface area (Å²) in [5, 5.41) is 0. The maximum atomic E-state index is 13.6. The van der Waals surface area contributed by atoms with Crippen LogP contribution in [-0.2, 0) is 0 Å². The predicted octanol–water partition coefficient (Wildman–Crippen LogP) is 2.50. The van der Waals surface area contributed by atoms with Gasteiger partial charge in [0.2, 0.25) is 0 Å². The second-order valence-electron chi connectivity index (χ2n) is 5.53. The van der Waals surface area contributed by atoms with Crippen molar-refractivity contribution in [1.29, 1.82) is 0 Å². The summed E-state index contributed by atoms with van der Waals surface area (Å²) in [5.74, 6) is 0.465. The van der Waals surface area contributed by atoms with Crippen molar-refractivity contribution in [3.05, 3.63) is 29.6 Å². The molecule has 0 aromatic heterocycles. The zero-order chi connectivity index (χ0) is 13.4. The molecule has 102 valence electrons. The van der Waals surface area contributed by atoms with Gasteiger partial charge in [-0.25, -0.2) is 4.39 Å². The standard InChI is InChI=1S/C15H18FNO2/c1-19-15-5-3-11(7-13(15)16)14(18)9-17-8-10-2-4-12(17)6-10/h3,5,7,10,12H,2,4,6,8-9H2,1H3. The third kappa shape index (κ3) is 2.37. The molecule has 1 aromatic rings. The second-order valence-corrected chi connectivity index (χ2v) is 5.53. The lowest BCUT2D eigenvalue weighted by atomic mass is 10.1. The molecule has 2 unspecified atom stereocenters. The molecule has 3 nitrogen and oxygen atoms in total. The molecular formula is C15H18FNO2. The van der Waals surface area contributed by atoms with Crippen LogP contribution in [0.5, 0.6) is 5.75 Å². The number of nitrogens with zero attached hydrogens (tertiary/aromatic N) is 1. The molecule has 2 atom stereocenters. The minimum Gasteiger partial charge on any atom is -0.494 e. The van der Waals surface area contributed by atoms with E-state index in [9.17, 15) is 9.18 Å². The first-order chi connectivity index (χ1) is 9.17. The van der Waals surface area contributed by atoms with E-state index in [4.69, 9.17) is 4.74 Å². The van der Waals surface area contributed by atoms with Crippen molar-refractivity contribution in [2.24, 2.45) is 5.92 Å². The highest BCUT2D eigenvalue weighted by molar-refractivity contribution is 5.97. The van der Waals surface area contributed by atoms with Crippen LogP contribution in [0.2, 0.25) is 0 Å². The molecule has 0 radical (unpaired) electrons. The van der Waals surface area contributed by atoms with Gasteiger partial charge in [0.1, 0.15) is 0 Å². The maximum absolute atomic E-state index is 13.6. The van der Waals surface area contributed by atoms with E-state index < -0.39 is 5.82 Å². The molecule has 1 aliphatic heterocycles. The van der Waals surface area contributed by atoms with Crippen LogP contribution in [0.25, 0.3) is 0 Å². The van der Waals surface area contributed by atoms with E-state index in [1.807, 2.05) is 0 Å². The number of likely N-dealkylation sites (tertiary alicyclic amines) is 1. The van der Waals surface area contributed by atoms with Gasteiger partial charge in [-0.2, -0.15) is 0 Å². The number of Topliss-reactive ketones (excluding diaryl/α,β-unsaturated/α-hetero) is 1. The van der Waals surface area contributed by atoms with E-state index in [-0.39, 0.29) is 11.5 Å². The summed E-state index contributed by atoms with van der Waals surface area (Å²) in [5.41, 5.74) is 0.432. The molecule has 0 spiro atoms. The lowest BCUT2D eigenvalue weighted by molar-refractivity contribution is 0.0904. The number of ether oxygens (including phenoxy) is 1. The fourth-order valence-corrected chi connectivity index (χ4v) is 3.34. The minimum atomic E-state index is -0.476. The van der Waals surface area contributed by atoms with E-state index in [0.717, 1.165) is 12.5 Å². The number of piperidine rings is 1. The summed E-state index contributed by atoms with van der Waals surface area (Å²) in [4.78, 5) is 14.4. The average molecular weight is 263 g/mol. The number of methoxy groups -OCH3 is 1. The maximum Gasteiger partial charge on any atom is 0.176 e. The molecule has 1 heterocycles. The van der Waals surface area contributed by atoms with Gasteiger partial charge in [-0.15, -0.1) is 0 Å². The molecule has 2 aliphatic rings. The molecule has 1 saturated heterocycles. The molecule has 4 heteroatoms. The molecule has 1 saturated carbocycles. The minimum absolute atomic E-state index is 0.00546. The zero-order valence-corrected chi connectivity index (χ0v) is 11.1. The Hall–Kier alpha value is -1.42. The van der Waals surface area contributed by atoms with Crippen molar-refractivity contribution in [1.82, 2.24) is 4.90 Å². The lowest BCUT2D eigenvalue weighted by Crippen LogP contribution is -2.36. The second kappa shape index (κ2) is 4.93. The number of carbonyl (C=O) groups is 1. The highest BCUT2D eigenvalue weighted by Gasteiger charge is 2.38. The van der Waals surface area contributed by atoms with Gasteiger partial charge >= 0.3 is 0 Å². The smallest absolute Gasteiger partial charge is 0.176 e. The average Bonchev–Trinajstić information content (AvgIpc) is 3.00. The summed E-state index contributed by atoms with van der Waals surface area (Å²) in [6.45, 7) is 1.43. The van der Waals surface area contributed by atoms with E-state index in [0.29, 0.717) is 18.2 Å². The number of fused-ring (bicyclic) bond motifs is 2. The monoisotopic (exact) mass is 263 g/mol. The summed E-state index contributed by atoms with van der Waals surface area (Å²) in [7, 11) is 1.42. The molecule has 1 aliphatic carbocycles. The van der Waals surface area contributed by atoms with Crippen LogP contribution < -0.4 is 4.74 Å². The molecule has 3 rings (SSSR count). The molecule has 0 amide bonds. The summed E-state index contributed by atoms with van der Waals surface area (Å²) in [6, 6.07) is 4.99. The van der Waals surface area contributed by atoms with Gasteiger partial charge in [-0.1, -0.05) is 0 Å². The van der Waals surface area contributed by atoms with Crippen molar-refractivity contribution < 1.29 is 13.9 Å². The van der Waals surface area contributed by atoms with Crippen LogP contribution in [0.1, 0.15) is 29.6 Å². The van der Waals surface area contributed by atoms with Gasteiger partial charge in [-0.05, 0) is 43.4 Å². The number of carbonyl (C=O) groups excluding carboxylic acids is 1. The Morgan fingerprint density at radius 3 is 2.89 bits per heavy atom. The topological polar surface area (TPSA) is 29.5 Å². The number of hydrogen-bond acceptors (Lipinski definition) is 3. The zero-order valence-electron chi connectivity index (χ0n) is 11.1. The van der Waals surface area contributed by atoms with Crippen molar-refractivity contribution >= 4 is 5.78 Å². The Labute approximate surface area is 112 Å². The first kappa shape index (κ1) is 12.6. The van der Waals surface area contributed by atoms with Crippen LogP contribution in [-0.4, -0.2) is 36.9 Å². The van der Waals surface area contributed by atoms with Crippen molar-refractivity contribution in [2.45, 2.75) is 25.3 Å². The van der Waals surface area contributed by atoms with Gasteiger partial charge in [0.15, 0.2) is 17.3 Å². The Bertz CT molecular complexity index is 503. The largest absolute Gasteiger partial charge is 0.494 e. The molecule has 2 fully saturated rings. The summed E-state index contributed by atoms with van der Waals surface area (Å²) < 4.78 is 18.4. The van der Waals surface area contributed by atoms with Crippen LogP contribution in [0.3, 0.4) is 0 Å². The van der Waals surface area contributed by atoms with E-state index >= 15 is 0 Å². The summed E-state index contributed by atoms with van der Waals surface area (Å²) in [6.07, 6.45) is 3.73. The van der Waals surface area contributed by atoms with Gasteiger partial charge in [-0.3, -0.25) is 9.69 Å². The molecule has 1 aromatic carbocycles. The van der Waals surface area contributed by atoms with E-state index in [2.05, 4.69) is 4.90 Å². The van der Waals surface area contributed by atoms with Gasteiger partial charge in [0.25, 0.3) is 0 Å². The summed E-state index contributed by atoms with van der Waals surface area (Å²) >= 11 is 0. The van der Waals surface area contributed by atoms with Crippen molar-refractivity contribution in [3.63, 3.8) is 0 Å². The number of rotatable bonds is 4. The van der Waals surface area contributed by atoms with Crippen LogP contribution in [0.4, 0.5) is 4.39 Å². The van der Waals surface area contributed by atoms with Gasteiger partial charge < -0.3 is 4.74 Å². The van der Waals surface area contributed by atoms with E-state index in [1.54, 1.807) is 6.07 Å². The van der Waals surface area contributed by atoms with Crippen LogP contribution in [0, 0.1) is 11.7 Å². The SMILES string of the molecule is COc1ccc(C(=O)CN2CC3CCC2C3)cc1F. The fourth-order valence-electron chi connectivity index (χ4n) is 3.34. The molecular weight excluding hydrogens is 245 g/mol. The van der Waals surface area contributed by atoms with Gasteiger partial charge in [0.05, 0.1) is 13.7 Å². The third-order valence-electron chi connectivity index (χ3n) is 4.34. The normalized spacial score (nSPS) is 25.8. The number of benzene rings is 1. The number of ketones is 1. The Balaban J connectivity index is 1.69. The highest BCUT2D eigenvalue weighted by atomic mass is 19.1. The molecule has 0 N–H and O–H groups in total. The van der Waals surface area contributed by atoms with Crippen molar-refractivity contribution in [2.75, 3.05) is 20.2 Å². The molecule has 19 heavy (non-hydrogen) atoms. The Morgan fingerprint density at radius 2 is 2.32 bits per heavy atom.